The van der Waals surface area contributed by atoms with Gasteiger partial charge in [0.05, 0.1) is 6.61 Å². The molecule has 1 fully saturated rings. The van der Waals surface area contributed by atoms with Gasteiger partial charge in [-0.3, -0.25) is 4.79 Å². The lowest BCUT2D eigenvalue weighted by molar-refractivity contribution is 0.0715. The fraction of sp³-hybridized carbons (Fsp3) is 0.571. The number of nitrogens with one attached hydrogen (secondary N) is 1. The fourth-order valence-electron chi connectivity index (χ4n) is 2.59. The van der Waals surface area contributed by atoms with E-state index in [4.69, 9.17) is 0 Å². The van der Waals surface area contributed by atoms with Crippen LogP contribution in [0.25, 0.3) is 0 Å². The normalized spacial score (nSPS) is 18.0. The Morgan fingerprint density at radius 3 is 2.74 bits per heavy atom. The molecule has 19 heavy (non-hydrogen) atoms. The number of carbonyl (C=O) groups excluding carboxylic acids is 1. The topological polar surface area (TPSA) is 62.2 Å². The van der Waals surface area contributed by atoms with Crippen molar-refractivity contribution in [3.05, 3.63) is 28.5 Å². The number of rotatable bonds is 4. The summed E-state index contributed by atoms with van der Waals surface area (Å²) in [6.45, 7) is 0.662. The Kier molecular flexibility index (Phi) is 4.93. The summed E-state index contributed by atoms with van der Waals surface area (Å²) in [4.78, 5) is 16.1. The van der Waals surface area contributed by atoms with E-state index < -0.39 is 0 Å². The lowest BCUT2D eigenvalue weighted by Crippen LogP contribution is -2.41. The predicted octanol–water partition coefficient (Wildman–Crippen LogP) is 2.52. The van der Waals surface area contributed by atoms with E-state index in [2.05, 4.69) is 26.2 Å². The van der Waals surface area contributed by atoms with Crippen molar-refractivity contribution in [3.63, 3.8) is 0 Å². The average molecular weight is 327 g/mol. The van der Waals surface area contributed by atoms with E-state index in [9.17, 15) is 9.90 Å². The highest BCUT2D eigenvalue weighted by atomic mass is 79.9. The maximum Gasteiger partial charge on any atom is 0.269 e. The quantitative estimate of drug-likeness (QED) is 0.836. The molecule has 1 aliphatic rings. The zero-order valence-electron chi connectivity index (χ0n) is 10.9. The number of pyridine rings is 1. The first-order valence-corrected chi connectivity index (χ1v) is 7.46. The molecule has 2 rings (SSSR count). The maximum absolute atomic E-state index is 12.0. The van der Waals surface area contributed by atoms with Crippen molar-refractivity contribution in [2.24, 2.45) is 5.41 Å². The number of nitrogens with zero attached hydrogens (tertiary/aromatic N) is 1. The first-order chi connectivity index (χ1) is 9.15. The van der Waals surface area contributed by atoms with Crippen LogP contribution in [0, 0.1) is 5.41 Å². The van der Waals surface area contributed by atoms with Crippen molar-refractivity contribution in [2.75, 3.05) is 13.2 Å². The Bertz CT molecular complexity index is 445. The summed E-state index contributed by atoms with van der Waals surface area (Å²) in [6.07, 6.45) is 5.45. The SMILES string of the molecule is O=C(NCC1(CO)CCCCC1)c1cccc(Br)n1. The number of aliphatic hydroxyl groups excluding tert-OH is 1. The number of aliphatic hydroxyl groups is 1. The average Bonchev–Trinajstić information content (AvgIpc) is 2.46. The monoisotopic (exact) mass is 326 g/mol. The van der Waals surface area contributed by atoms with Crippen LogP contribution in [-0.4, -0.2) is 29.1 Å². The Morgan fingerprint density at radius 1 is 1.37 bits per heavy atom. The van der Waals surface area contributed by atoms with E-state index in [-0.39, 0.29) is 17.9 Å². The molecule has 0 aromatic carbocycles. The van der Waals surface area contributed by atoms with Gasteiger partial charge in [-0.2, -0.15) is 0 Å². The molecule has 104 valence electrons. The van der Waals surface area contributed by atoms with Crippen LogP contribution in [0.1, 0.15) is 42.6 Å². The summed E-state index contributed by atoms with van der Waals surface area (Å²) in [6, 6.07) is 5.26. The number of hydrogen-bond acceptors (Lipinski definition) is 3. The van der Waals surface area contributed by atoms with Gasteiger partial charge in [-0.05, 0) is 40.9 Å². The van der Waals surface area contributed by atoms with Crippen LogP contribution in [0.4, 0.5) is 0 Å². The molecule has 2 N–H and O–H groups in total. The van der Waals surface area contributed by atoms with Gasteiger partial charge in [0, 0.05) is 12.0 Å². The molecule has 0 radical (unpaired) electrons. The minimum absolute atomic E-state index is 0.138. The second-order valence-corrected chi connectivity index (χ2v) is 6.06. The van der Waals surface area contributed by atoms with Crippen LogP contribution in [0.3, 0.4) is 0 Å². The molecule has 4 nitrogen and oxygen atoms in total. The fourth-order valence-corrected chi connectivity index (χ4v) is 2.93. The Hall–Kier alpha value is -0.940. The zero-order valence-corrected chi connectivity index (χ0v) is 12.4. The van der Waals surface area contributed by atoms with Crippen LogP contribution in [-0.2, 0) is 0 Å². The Balaban J connectivity index is 1.95. The molecule has 0 spiro atoms. The molecule has 1 amide bonds. The summed E-state index contributed by atoms with van der Waals surface area (Å²) in [5.74, 6) is -0.181. The summed E-state index contributed by atoms with van der Waals surface area (Å²) in [5.41, 5.74) is 0.262. The van der Waals surface area contributed by atoms with Crippen LogP contribution >= 0.6 is 15.9 Å². The standard InChI is InChI=1S/C14H19BrN2O2/c15-12-6-4-5-11(17-12)13(19)16-9-14(10-18)7-2-1-3-8-14/h4-6,18H,1-3,7-10H2,(H,16,19). The molecule has 1 saturated carbocycles. The molecule has 0 aliphatic heterocycles. The van der Waals surface area contributed by atoms with Gasteiger partial charge >= 0.3 is 0 Å². The summed E-state index contributed by atoms with van der Waals surface area (Å²) >= 11 is 3.25. The van der Waals surface area contributed by atoms with Crippen molar-refractivity contribution in [3.8, 4) is 0 Å². The van der Waals surface area contributed by atoms with Gasteiger partial charge in [-0.25, -0.2) is 4.98 Å². The number of aromatic nitrogens is 1. The van der Waals surface area contributed by atoms with Gasteiger partial charge < -0.3 is 10.4 Å². The molecule has 0 saturated heterocycles. The van der Waals surface area contributed by atoms with Gasteiger partial charge in [0.25, 0.3) is 5.91 Å². The molecule has 1 aliphatic carbocycles. The highest BCUT2D eigenvalue weighted by Crippen LogP contribution is 2.35. The second-order valence-electron chi connectivity index (χ2n) is 5.25. The van der Waals surface area contributed by atoms with Crippen LogP contribution < -0.4 is 5.32 Å². The molecule has 1 aromatic rings. The number of hydrogen-bond donors (Lipinski definition) is 2. The smallest absolute Gasteiger partial charge is 0.269 e. The van der Waals surface area contributed by atoms with E-state index in [0.29, 0.717) is 16.8 Å². The third kappa shape index (κ3) is 3.76. The molecular weight excluding hydrogens is 308 g/mol. The highest BCUT2D eigenvalue weighted by Gasteiger charge is 2.31. The molecule has 1 heterocycles. The zero-order chi connectivity index (χ0) is 13.7. The summed E-state index contributed by atoms with van der Waals surface area (Å²) < 4.78 is 0.648. The van der Waals surface area contributed by atoms with E-state index in [0.717, 1.165) is 25.7 Å². The molecule has 0 bridgehead atoms. The van der Waals surface area contributed by atoms with Crippen molar-refractivity contribution >= 4 is 21.8 Å². The van der Waals surface area contributed by atoms with E-state index >= 15 is 0 Å². The Morgan fingerprint density at radius 2 is 2.11 bits per heavy atom. The lowest BCUT2D eigenvalue weighted by atomic mass is 9.74. The van der Waals surface area contributed by atoms with Crippen molar-refractivity contribution < 1.29 is 9.90 Å². The predicted molar refractivity (Wildman–Crippen MR) is 76.9 cm³/mol. The minimum atomic E-state index is -0.181. The van der Waals surface area contributed by atoms with E-state index in [1.54, 1.807) is 18.2 Å². The molecule has 5 heteroatoms. The van der Waals surface area contributed by atoms with Gasteiger partial charge in [0.2, 0.25) is 0 Å². The number of amides is 1. The molecule has 0 atom stereocenters. The highest BCUT2D eigenvalue weighted by molar-refractivity contribution is 9.10. The van der Waals surface area contributed by atoms with Crippen LogP contribution in [0.15, 0.2) is 22.8 Å². The molecule has 1 aromatic heterocycles. The number of halogens is 1. The van der Waals surface area contributed by atoms with Gasteiger partial charge in [0.15, 0.2) is 0 Å². The third-order valence-corrected chi connectivity index (χ3v) is 4.26. The van der Waals surface area contributed by atoms with Crippen LogP contribution in [0.2, 0.25) is 0 Å². The maximum atomic E-state index is 12.0. The van der Waals surface area contributed by atoms with Crippen molar-refractivity contribution in [1.82, 2.24) is 10.3 Å². The van der Waals surface area contributed by atoms with Crippen molar-refractivity contribution in [1.29, 1.82) is 0 Å². The second kappa shape index (κ2) is 6.48. The first-order valence-electron chi connectivity index (χ1n) is 6.67. The number of carbonyl (C=O) groups is 1. The van der Waals surface area contributed by atoms with Gasteiger partial charge in [0.1, 0.15) is 10.3 Å². The van der Waals surface area contributed by atoms with Crippen LogP contribution in [0.5, 0.6) is 0 Å². The summed E-state index contributed by atoms with van der Waals surface area (Å²) in [7, 11) is 0. The lowest BCUT2D eigenvalue weighted by Gasteiger charge is -2.35. The molecule has 0 unspecified atom stereocenters. The van der Waals surface area contributed by atoms with Crippen molar-refractivity contribution in [2.45, 2.75) is 32.1 Å². The van der Waals surface area contributed by atoms with Gasteiger partial charge in [-0.15, -0.1) is 0 Å². The first kappa shape index (κ1) is 14.5. The van der Waals surface area contributed by atoms with E-state index in [1.165, 1.54) is 6.42 Å². The van der Waals surface area contributed by atoms with Gasteiger partial charge in [-0.1, -0.05) is 25.3 Å². The largest absolute Gasteiger partial charge is 0.396 e. The summed E-state index contributed by atoms with van der Waals surface area (Å²) in [5, 5.41) is 12.5. The van der Waals surface area contributed by atoms with E-state index in [1.807, 2.05) is 0 Å². The Labute approximate surface area is 121 Å². The minimum Gasteiger partial charge on any atom is -0.396 e. The third-order valence-electron chi connectivity index (χ3n) is 3.82. The molecular formula is C14H19BrN2O2.